The van der Waals surface area contributed by atoms with Crippen LogP contribution in [-0.2, 0) is 6.54 Å². The van der Waals surface area contributed by atoms with Crippen molar-refractivity contribution in [2.45, 2.75) is 6.54 Å². The molecular weight excluding hydrogens is 977 g/mol. The van der Waals surface area contributed by atoms with E-state index in [1.54, 1.807) is 60.7 Å². The molecule has 9 N–H and O–H groups in total. The van der Waals surface area contributed by atoms with Crippen molar-refractivity contribution in [2.24, 2.45) is 10.2 Å². The van der Waals surface area contributed by atoms with Gasteiger partial charge in [-0.3, -0.25) is 9.97 Å². The molecule has 0 bridgehead atoms. The van der Waals surface area contributed by atoms with Crippen molar-refractivity contribution in [3.05, 3.63) is 172 Å². The number of carbonyl (C=O) groups is 9. The highest BCUT2D eigenvalue weighted by Gasteiger charge is 2.29. The van der Waals surface area contributed by atoms with Gasteiger partial charge < -0.3 is 46.0 Å². The molecule has 0 aliphatic carbocycles. The Bertz CT molecular complexity index is 3450. The number of nitrogens with zero attached hydrogens (tertiary/aromatic N) is 8. The Morgan fingerprint density at radius 3 is 1.14 bits per heavy atom. The molecule has 26 nitrogen and oxygen atoms in total. The summed E-state index contributed by atoms with van der Waals surface area (Å²) in [6.45, 7) is 0.565. The van der Waals surface area contributed by atoms with Gasteiger partial charge in [0.1, 0.15) is 11.4 Å². The van der Waals surface area contributed by atoms with E-state index < -0.39 is 76.5 Å². The predicted octanol–water partition coefficient (Wildman–Crippen LogP) is 6.64. The van der Waals surface area contributed by atoms with E-state index in [9.17, 15) is 53.4 Å². The molecular formula is C48H30N8O18. The maximum Gasteiger partial charge on any atom is 0.357 e. The fourth-order valence-corrected chi connectivity index (χ4v) is 6.64. The molecule has 370 valence electrons. The fraction of sp³-hybridized carbons (Fsp3) is 0.0208. The van der Waals surface area contributed by atoms with E-state index in [-0.39, 0.29) is 39.2 Å². The topological polar surface area (TPSA) is 438 Å². The van der Waals surface area contributed by atoms with Crippen molar-refractivity contribution in [2.75, 3.05) is 0 Å². The van der Waals surface area contributed by atoms with Crippen LogP contribution >= 0.6 is 0 Å². The summed E-state index contributed by atoms with van der Waals surface area (Å²) in [6.07, 6.45) is 2.78. The lowest BCUT2D eigenvalue weighted by Crippen LogP contribution is -2.21. The molecule has 1 aliphatic heterocycles. The zero-order chi connectivity index (χ0) is 54.0. The Labute approximate surface area is 410 Å². The lowest BCUT2D eigenvalue weighted by molar-refractivity contribution is 0.0615. The zero-order valence-corrected chi connectivity index (χ0v) is 37.0. The summed E-state index contributed by atoms with van der Waals surface area (Å²) in [7, 11) is 0. The number of hydrogen-bond acceptors (Lipinski definition) is 17. The standard InChI is InChI=1S/C20H12N2O4.C12H8N2O4.C8H4N2O8.C8H6N2O2/c23-19(24)13-9-17(21-15-7-3-1-5-11(13)15)18-10-14(20(25)26)12-6-2-4-8-16(12)22-18;15-11(16)7-3-1-5-13-9(7)10-8(12(17)18)4-2-6-14-10;11-5(12)1-2(6(13)14)10-4(8(17)18)3(9-1)7(15)16;11-8(12)5-1-2-6-4-9-10-7(6)3-5/h1-10H,(H,23,24)(H,25,26);1-6H,(H,15,16)(H,17,18);(H,11,12)(H,13,14)(H,15,16)(H,17,18);1-3H,4H2,(H,11,12). The van der Waals surface area contributed by atoms with Crippen molar-refractivity contribution in [1.29, 1.82) is 0 Å². The van der Waals surface area contributed by atoms with Crippen LogP contribution in [0.15, 0.2) is 126 Å². The number of carboxylic acids is 9. The van der Waals surface area contributed by atoms with Crippen LogP contribution in [-0.4, -0.2) is 130 Å². The summed E-state index contributed by atoms with van der Waals surface area (Å²) in [5.41, 5.74) is -0.917. The zero-order valence-electron chi connectivity index (χ0n) is 37.0. The largest absolute Gasteiger partial charge is 0.478 e. The summed E-state index contributed by atoms with van der Waals surface area (Å²) < 4.78 is 0. The van der Waals surface area contributed by atoms with Crippen molar-refractivity contribution < 1.29 is 89.1 Å². The number of aromatic carboxylic acids is 9. The van der Waals surface area contributed by atoms with Crippen LogP contribution in [0, 0.1) is 0 Å². The summed E-state index contributed by atoms with van der Waals surface area (Å²) in [5.74, 6) is -12.8. The lowest BCUT2D eigenvalue weighted by Gasteiger charge is -2.09. The SMILES string of the molecule is O=C(O)c1cc(-c2cc(C(=O)O)c3ccccc3n2)nc2ccccc12.O=C(O)c1ccc2c(c1)N=NC2.O=C(O)c1cccnc1-c1ncccc1C(=O)O.O=C(O)c1nc(C(=O)O)c(C(=O)O)nc1C(=O)O. The summed E-state index contributed by atoms with van der Waals surface area (Å²) in [4.78, 5) is 121. The predicted molar refractivity (Wildman–Crippen MR) is 249 cm³/mol. The minimum absolute atomic E-state index is 0.0444. The second-order valence-corrected chi connectivity index (χ2v) is 14.6. The highest BCUT2D eigenvalue weighted by Crippen LogP contribution is 2.29. The quantitative estimate of drug-likeness (QED) is 0.0655. The van der Waals surface area contributed by atoms with E-state index in [0.717, 1.165) is 5.56 Å². The van der Waals surface area contributed by atoms with Crippen LogP contribution < -0.4 is 0 Å². The average molecular weight is 1010 g/mol. The Balaban J connectivity index is 0.000000166. The normalized spacial score (nSPS) is 10.8. The number of carboxylic acid groups (broad SMARTS) is 9. The molecule has 9 rings (SSSR count). The van der Waals surface area contributed by atoms with E-state index in [0.29, 0.717) is 45.4 Å². The van der Waals surface area contributed by atoms with Gasteiger partial charge in [0.2, 0.25) is 0 Å². The first-order valence-corrected chi connectivity index (χ1v) is 20.4. The summed E-state index contributed by atoms with van der Waals surface area (Å²) in [6, 6.07) is 27.2. The molecule has 0 saturated heterocycles. The minimum Gasteiger partial charge on any atom is -0.478 e. The van der Waals surface area contributed by atoms with Gasteiger partial charge in [0.15, 0.2) is 22.8 Å². The highest BCUT2D eigenvalue weighted by molar-refractivity contribution is 6.07. The molecule has 8 aromatic rings. The van der Waals surface area contributed by atoms with Gasteiger partial charge in [-0.2, -0.15) is 10.2 Å². The molecule has 0 fully saturated rings. The molecule has 0 unspecified atom stereocenters. The number of para-hydroxylation sites is 2. The Kier molecular flexibility index (Phi) is 15.8. The molecule has 74 heavy (non-hydrogen) atoms. The lowest BCUT2D eigenvalue weighted by atomic mass is 10.0. The molecule has 26 heteroatoms. The Morgan fingerprint density at radius 1 is 0.378 bits per heavy atom. The minimum atomic E-state index is -1.83. The van der Waals surface area contributed by atoms with Crippen LogP contribution in [0.25, 0.3) is 44.6 Å². The van der Waals surface area contributed by atoms with E-state index >= 15 is 0 Å². The molecule has 1 aliphatic rings. The summed E-state index contributed by atoms with van der Waals surface area (Å²) in [5, 5.41) is 89.0. The number of hydrogen-bond donors (Lipinski definition) is 9. The third kappa shape index (κ3) is 11.7. The van der Waals surface area contributed by atoms with Crippen molar-refractivity contribution >= 4 is 81.2 Å². The monoisotopic (exact) mass is 1010 g/mol. The molecule has 0 amide bonds. The van der Waals surface area contributed by atoms with Gasteiger partial charge in [-0.25, -0.2) is 63.1 Å². The average Bonchev–Trinajstić information content (AvgIpc) is 3.86. The molecule has 6 heterocycles. The second-order valence-electron chi connectivity index (χ2n) is 14.6. The van der Waals surface area contributed by atoms with Gasteiger partial charge in [-0.1, -0.05) is 42.5 Å². The van der Waals surface area contributed by atoms with E-state index in [1.165, 1.54) is 54.9 Å². The van der Waals surface area contributed by atoms with Gasteiger partial charge in [0.05, 0.1) is 62.5 Å². The number of aromatic nitrogens is 6. The van der Waals surface area contributed by atoms with Crippen LogP contribution in [0.5, 0.6) is 0 Å². The molecule has 0 atom stereocenters. The van der Waals surface area contributed by atoms with Crippen LogP contribution in [0.3, 0.4) is 0 Å². The van der Waals surface area contributed by atoms with Gasteiger partial charge in [-0.15, -0.1) is 0 Å². The number of azo groups is 1. The third-order valence-corrected chi connectivity index (χ3v) is 9.91. The van der Waals surface area contributed by atoms with Crippen molar-refractivity contribution in [3.63, 3.8) is 0 Å². The Morgan fingerprint density at radius 2 is 0.770 bits per heavy atom. The van der Waals surface area contributed by atoms with E-state index in [4.69, 9.17) is 35.7 Å². The highest BCUT2D eigenvalue weighted by atomic mass is 16.4. The van der Waals surface area contributed by atoms with Crippen molar-refractivity contribution in [1.82, 2.24) is 29.9 Å². The Hall–Kier alpha value is -11.3. The second kappa shape index (κ2) is 22.4. The number of fused-ring (bicyclic) bond motifs is 3. The maximum absolute atomic E-state index is 11.6. The number of pyridine rings is 4. The van der Waals surface area contributed by atoms with Crippen LogP contribution in [0.2, 0.25) is 0 Å². The van der Waals surface area contributed by atoms with E-state index in [2.05, 4.69) is 40.1 Å². The maximum atomic E-state index is 11.6. The third-order valence-electron chi connectivity index (χ3n) is 9.91. The first-order valence-electron chi connectivity index (χ1n) is 20.4. The first kappa shape index (κ1) is 52.1. The van der Waals surface area contributed by atoms with Crippen molar-refractivity contribution in [3.8, 4) is 22.8 Å². The van der Waals surface area contributed by atoms with Gasteiger partial charge in [0.25, 0.3) is 0 Å². The number of rotatable bonds is 11. The molecule has 0 radical (unpaired) electrons. The molecule has 0 spiro atoms. The summed E-state index contributed by atoms with van der Waals surface area (Å²) >= 11 is 0. The smallest absolute Gasteiger partial charge is 0.357 e. The van der Waals surface area contributed by atoms with Crippen LogP contribution in [0.4, 0.5) is 5.69 Å². The van der Waals surface area contributed by atoms with Gasteiger partial charge >= 0.3 is 53.7 Å². The number of benzene rings is 3. The molecule has 5 aromatic heterocycles. The van der Waals surface area contributed by atoms with Gasteiger partial charge in [-0.05, 0) is 60.7 Å². The van der Waals surface area contributed by atoms with Gasteiger partial charge in [0, 0.05) is 28.7 Å². The molecule has 3 aromatic carbocycles. The van der Waals surface area contributed by atoms with E-state index in [1.807, 2.05) is 0 Å². The molecule has 0 saturated carbocycles. The fourth-order valence-electron chi connectivity index (χ4n) is 6.64. The first-order chi connectivity index (χ1) is 35.2. The van der Waals surface area contributed by atoms with Crippen LogP contribution in [0.1, 0.15) is 99.3 Å².